The van der Waals surface area contributed by atoms with Gasteiger partial charge in [0, 0.05) is 11.6 Å². The lowest BCUT2D eigenvalue weighted by molar-refractivity contribution is 0.629. The molecular formula is C21H14ClFN2O. The van der Waals surface area contributed by atoms with E-state index in [1.807, 2.05) is 55.5 Å². The molecule has 0 aliphatic rings. The molecule has 0 amide bonds. The third-order valence-corrected chi connectivity index (χ3v) is 4.52. The molecule has 3 aromatic carbocycles. The van der Waals surface area contributed by atoms with Crippen LogP contribution in [0.3, 0.4) is 0 Å². The summed E-state index contributed by atoms with van der Waals surface area (Å²) < 4.78 is 15.2. The highest BCUT2D eigenvalue weighted by atomic mass is 35.5. The molecule has 1 heterocycles. The van der Waals surface area contributed by atoms with Gasteiger partial charge in [0.2, 0.25) is 0 Å². The quantitative estimate of drug-likeness (QED) is 0.493. The first-order valence-electron chi connectivity index (χ1n) is 8.09. The van der Waals surface area contributed by atoms with Crippen molar-refractivity contribution >= 4 is 22.5 Å². The van der Waals surface area contributed by atoms with Crippen LogP contribution in [0.25, 0.3) is 28.0 Å². The van der Waals surface area contributed by atoms with E-state index < -0.39 is 5.82 Å². The molecule has 0 aliphatic heterocycles. The predicted molar refractivity (Wildman–Crippen MR) is 102 cm³/mol. The Morgan fingerprint density at radius 1 is 1.00 bits per heavy atom. The summed E-state index contributed by atoms with van der Waals surface area (Å²) in [6, 6.07) is 18.7. The van der Waals surface area contributed by atoms with Crippen molar-refractivity contribution in [2.24, 2.45) is 0 Å². The molecule has 4 aromatic rings. The lowest BCUT2D eigenvalue weighted by atomic mass is 10.1. The van der Waals surface area contributed by atoms with E-state index in [2.05, 4.69) is 4.98 Å². The van der Waals surface area contributed by atoms with Crippen LogP contribution in [0.15, 0.2) is 71.5 Å². The van der Waals surface area contributed by atoms with E-state index in [0.29, 0.717) is 33.0 Å². The second-order valence-corrected chi connectivity index (χ2v) is 6.46. The zero-order chi connectivity index (χ0) is 18.3. The van der Waals surface area contributed by atoms with Gasteiger partial charge in [-0.1, -0.05) is 35.9 Å². The highest BCUT2D eigenvalue weighted by molar-refractivity contribution is 6.33. The van der Waals surface area contributed by atoms with E-state index in [9.17, 15) is 9.18 Å². The van der Waals surface area contributed by atoms with Crippen molar-refractivity contribution in [3.63, 3.8) is 0 Å². The van der Waals surface area contributed by atoms with Crippen LogP contribution in [0.4, 0.5) is 4.39 Å². The zero-order valence-electron chi connectivity index (χ0n) is 13.9. The number of hydrogen-bond donors (Lipinski definition) is 0. The van der Waals surface area contributed by atoms with Gasteiger partial charge < -0.3 is 0 Å². The molecule has 0 saturated heterocycles. The zero-order valence-corrected chi connectivity index (χ0v) is 14.7. The molecule has 0 spiro atoms. The lowest BCUT2D eigenvalue weighted by Gasteiger charge is -2.15. The second kappa shape index (κ2) is 6.39. The maximum atomic E-state index is 13.7. The maximum Gasteiger partial charge on any atom is 0.266 e. The van der Waals surface area contributed by atoms with Gasteiger partial charge in [0.25, 0.3) is 5.56 Å². The molecule has 5 heteroatoms. The summed E-state index contributed by atoms with van der Waals surface area (Å²) in [4.78, 5) is 17.7. The maximum absolute atomic E-state index is 13.7. The molecule has 0 unspecified atom stereocenters. The molecule has 26 heavy (non-hydrogen) atoms. The van der Waals surface area contributed by atoms with Gasteiger partial charge >= 0.3 is 0 Å². The minimum Gasteiger partial charge on any atom is -0.268 e. The van der Waals surface area contributed by atoms with Crippen LogP contribution >= 0.6 is 11.6 Å². The molecule has 4 rings (SSSR count). The van der Waals surface area contributed by atoms with E-state index >= 15 is 0 Å². The standard InChI is InChI=1S/C21H14ClFN2O/c1-13-7-9-16(18(22)11-13)20-24-19-12-14(23)8-10-17(19)21(26)25(20)15-5-3-2-4-6-15/h2-12H,1H3. The van der Waals surface area contributed by atoms with Crippen LogP contribution in [0, 0.1) is 12.7 Å². The number of aryl methyl sites for hydroxylation is 1. The molecule has 0 saturated carbocycles. The Hall–Kier alpha value is -2.98. The topological polar surface area (TPSA) is 34.9 Å². The minimum atomic E-state index is -0.442. The molecule has 0 bridgehead atoms. The van der Waals surface area contributed by atoms with Crippen LogP contribution in [-0.4, -0.2) is 9.55 Å². The Morgan fingerprint density at radius 2 is 1.77 bits per heavy atom. The van der Waals surface area contributed by atoms with Crippen LogP contribution < -0.4 is 5.56 Å². The van der Waals surface area contributed by atoms with Gasteiger partial charge in [0.05, 0.1) is 21.6 Å². The summed E-state index contributed by atoms with van der Waals surface area (Å²) in [6.45, 7) is 1.93. The van der Waals surface area contributed by atoms with Gasteiger partial charge in [-0.3, -0.25) is 9.36 Å². The number of para-hydroxylation sites is 1. The fourth-order valence-electron chi connectivity index (χ4n) is 2.96. The fraction of sp³-hybridized carbons (Fsp3) is 0.0476. The first-order chi connectivity index (χ1) is 12.5. The molecule has 3 nitrogen and oxygen atoms in total. The predicted octanol–water partition coefficient (Wildman–Crippen LogP) is 5.15. The van der Waals surface area contributed by atoms with Gasteiger partial charge in [0.1, 0.15) is 11.6 Å². The molecule has 0 fully saturated rings. The van der Waals surface area contributed by atoms with Crippen LogP contribution in [0.2, 0.25) is 5.02 Å². The molecule has 0 aliphatic carbocycles. The lowest BCUT2D eigenvalue weighted by Crippen LogP contribution is -2.22. The van der Waals surface area contributed by atoms with Crippen molar-refractivity contribution < 1.29 is 4.39 Å². The van der Waals surface area contributed by atoms with Crippen LogP contribution in [-0.2, 0) is 0 Å². The molecule has 1 aromatic heterocycles. The van der Waals surface area contributed by atoms with E-state index in [1.165, 1.54) is 22.8 Å². The Kier molecular flexibility index (Phi) is 4.05. The number of nitrogens with zero attached hydrogens (tertiary/aromatic N) is 2. The number of fused-ring (bicyclic) bond motifs is 1. The number of rotatable bonds is 2. The normalized spacial score (nSPS) is 11.0. The monoisotopic (exact) mass is 364 g/mol. The summed E-state index contributed by atoms with van der Waals surface area (Å²) in [6.07, 6.45) is 0. The third kappa shape index (κ3) is 2.78. The second-order valence-electron chi connectivity index (χ2n) is 6.06. The van der Waals surface area contributed by atoms with E-state index in [4.69, 9.17) is 11.6 Å². The average molecular weight is 365 g/mol. The van der Waals surface area contributed by atoms with Crippen molar-refractivity contribution in [1.82, 2.24) is 9.55 Å². The van der Waals surface area contributed by atoms with Crippen molar-refractivity contribution in [2.45, 2.75) is 6.92 Å². The van der Waals surface area contributed by atoms with Crippen molar-refractivity contribution in [1.29, 1.82) is 0 Å². The number of hydrogen-bond acceptors (Lipinski definition) is 2. The molecule has 0 radical (unpaired) electrons. The Balaban J connectivity index is 2.14. The van der Waals surface area contributed by atoms with E-state index in [0.717, 1.165) is 5.56 Å². The van der Waals surface area contributed by atoms with Crippen molar-refractivity contribution in [2.75, 3.05) is 0 Å². The SMILES string of the molecule is Cc1ccc(-c2nc3cc(F)ccc3c(=O)n2-c2ccccc2)c(Cl)c1. The highest BCUT2D eigenvalue weighted by Gasteiger charge is 2.17. The number of halogens is 2. The smallest absolute Gasteiger partial charge is 0.266 e. The Morgan fingerprint density at radius 3 is 2.50 bits per heavy atom. The fourth-order valence-corrected chi connectivity index (χ4v) is 3.28. The Labute approximate surface area is 154 Å². The molecule has 0 N–H and O–H groups in total. The summed E-state index contributed by atoms with van der Waals surface area (Å²) in [5.41, 5.74) is 2.31. The average Bonchev–Trinajstić information content (AvgIpc) is 2.62. The van der Waals surface area contributed by atoms with Crippen molar-refractivity contribution in [3.8, 4) is 17.1 Å². The first-order valence-corrected chi connectivity index (χ1v) is 8.46. The molecular weight excluding hydrogens is 351 g/mol. The van der Waals surface area contributed by atoms with Crippen molar-refractivity contribution in [3.05, 3.63) is 93.5 Å². The first kappa shape index (κ1) is 16.5. The molecule has 0 atom stereocenters. The molecule has 128 valence electrons. The highest BCUT2D eigenvalue weighted by Crippen LogP contribution is 2.29. The largest absolute Gasteiger partial charge is 0.268 e. The summed E-state index contributed by atoms with van der Waals surface area (Å²) in [5.74, 6) is -0.0629. The van der Waals surface area contributed by atoms with E-state index in [1.54, 1.807) is 0 Å². The van der Waals surface area contributed by atoms with Crippen LogP contribution in [0.1, 0.15) is 5.56 Å². The summed E-state index contributed by atoms with van der Waals surface area (Å²) >= 11 is 6.43. The van der Waals surface area contributed by atoms with Gasteiger partial charge in [0.15, 0.2) is 0 Å². The third-order valence-electron chi connectivity index (χ3n) is 4.21. The van der Waals surface area contributed by atoms with Crippen LogP contribution in [0.5, 0.6) is 0 Å². The van der Waals surface area contributed by atoms with E-state index in [-0.39, 0.29) is 5.56 Å². The number of aromatic nitrogens is 2. The Bertz CT molecular complexity index is 1190. The number of benzene rings is 3. The summed E-state index contributed by atoms with van der Waals surface area (Å²) in [5, 5.41) is 0.833. The van der Waals surface area contributed by atoms with Gasteiger partial charge in [-0.2, -0.15) is 0 Å². The van der Waals surface area contributed by atoms with Gasteiger partial charge in [-0.05, 0) is 48.9 Å². The van der Waals surface area contributed by atoms with Gasteiger partial charge in [-0.25, -0.2) is 9.37 Å². The van der Waals surface area contributed by atoms with Gasteiger partial charge in [-0.15, -0.1) is 0 Å². The summed E-state index contributed by atoms with van der Waals surface area (Å²) in [7, 11) is 0. The minimum absolute atomic E-state index is 0.271.